The molecule has 1 heterocycles. The first-order chi connectivity index (χ1) is 24.8. The molecular weight excluding hydrogens is 695 g/mol. The lowest BCUT2D eigenvalue weighted by Crippen LogP contribution is -2.63. The molecule has 1 aromatic heterocycles. The molecule has 3 aromatic rings. The zero-order valence-corrected chi connectivity index (χ0v) is 30.4. The van der Waals surface area contributed by atoms with Gasteiger partial charge in [0.1, 0.15) is 23.1 Å². The third-order valence-corrected chi connectivity index (χ3v) is 11.7. The average molecular weight is 738 g/mol. The summed E-state index contributed by atoms with van der Waals surface area (Å²) < 4.78 is 60.3. The van der Waals surface area contributed by atoms with Crippen LogP contribution in [0.3, 0.4) is 0 Å². The number of carbonyl (C=O) groups is 2. The molecule has 12 heteroatoms. The molecule has 1 spiro atoms. The first kappa shape index (κ1) is 37.5. The number of nitriles is 1. The first-order valence-corrected chi connectivity index (χ1v) is 18.2. The van der Waals surface area contributed by atoms with Gasteiger partial charge in [0, 0.05) is 28.2 Å². The minimum atomic E-state index is -5.27. The smallest absolute Gasteiger partial charge is 0.471 e. The fourth-order valence-electron chi connectivity index (χ4n) is 9.04. The summed E-state index contributed by atoms with van der Waals surface area (Å²) >= 11 is 6.20. The maximum Gasteiger partial charge on any atom is 0.471 e. The molecule has 2 aromatic carbocycles. The Labute approximate surface area is 307 Å². The molecule has 8 nitrogen and oxygen atoms in total. The Hall–Kier alpha value is -4.30. The molecule has 0 saturated heterocycles. The lowest BCUT2D eigenvalue weighted by atomic mass is 9.59. The number of rotatable bonds is 10. The van der Waals surface area contributed by atoms with Crippen molar-refractivity contribution in [2.45, 2.75) is 94.7 Å². The number of pyridine rings is 1. The number of hydrogen-bond donors (Lipinski definition) is 0. The van der Waals surface area contributed by atoms with Crippen LogP contribution in [0.15, 0.2) is 54.7 Å². The van der Waals surface area contributed by atoms with E-state index in [1.807, 2.05) is 30.3 Å². The number of aryl methyl sites for hydroxylation is 1. The topological polar surface area (TPSA) is 102 Å². The van der Waals surface area contributed by atoms with Crippen molar-refractivity contribution >= 4 is 29.2 Å². The van der Waals surface area contributed by atoms with Crippen LogP contribution in [0.1, 0.15) is 87.1 Å². The summed E-state index contributed by atoms with van der Waals surface area (Å²) in [6, 6.07) is 15.2. The van der Waals surface area contributed by atoms with Crippen molar-refractivity contribution in [2.24, 2.45) is 11.8 Å². The van der Waals surface area contributed by atoms with Crippen LogP contribution in [-0.4, -0.2) is 48.9 Å². The minimum absolute atomic E-state index is 0.0474. The van der Waals surface area contributed by atoms with Crippen LogP contribution >= 0.6 is 11.6 Å². The molecule has 3 atom stereocenters. The van der Waals surface area contributed by atoms with Crippen LogP contribution in [0, 0.1) is 23.2 Å². The molecule has 0 bridgehead atoms. The van der Waals surface area contributed by atoms with E-state index in [4.69, 9.17) is 31.1 Å². The molecular formula is C40H43ClF3N3O5. The Morgan fingerprint density at radius 1 is 1.12 bits per heavy atom. The van der Waals surface area contributed by atoms with Gasteiger partial charge in [0.2, 0.25) is 0 Å². The Kier molecular flexibility index (Phi) is 10.8. The highest BCUT2D eigenvalue weighted by Gasteiger charge is 2.60. The van der Waals surface area contributed by atoms with Gasteiger partial charge in [-0.15, -0.1) is 0 Å². The summed E-state index contributed by atoms with van der Waals surface area (Å²) in [4.78, 5) is 32.2. The van der Waals surface area contributed by atoms with E-state index in [-0.39, 0.29) is 42.0 Å². The van der Waals surface area contributed by atoms with E-state index in [1.165, 1.54) is 29.8 Å². The molecule has 1 saturated carbocycles. The quantitative estimate of drug-likeness (QED) is 0.192. The van der Waals surface area contributed by atoms with Crippen molar-refractivity contribution in [1.82, 2.24) is 4.98 Å². The fraction of sp³-hybridized carbons (Fsp3) is 0.500. The van der Waals surface area contributed by atoms with Crippen molar-refractivity contribution in [3.05, 3.63) is 82.1 Å². The van der Waals surface area contributed by atoms with Crippen molar-refractivity contribution in [1.29, 1.82) is 5.26 Å². The molecule has 6 rings (SSSR count). The van der Waals surface area contributed by atoms with E-state index in [0.717, 1.165) is 55.4 Å². The molecule has 52 heavy (non-hydrogen) atoms. The minimum Gasteiger partial charge on any atom is -0.493 e. The van der Waals surface area contributed by atoms with Gasteiger partial charge in [-0.3, -0.25) is 14.7 Å². The molecule has 276 valence electrons. The zero-order chi connectivity index (χ0) is 37.3. The Morgan fingerprint density at radius 3 is 2.58 bits per heavy atom. The number of hydrogen-bond acceptors (Lipinski definition) is 7. The Balaban J connectivity index is 1.33. The zero-order valence-electron chi connectivity index (χ0n) is 29.6. The van der Waals surface area contributed by atoms with Gasteiger partial charge in [0.15, 0.2) is 6.61 Å². The maximum atomic E-state index is 14.3. The number of amides is 1. The van der Waals surface area contributed by atoms with Crippen molar-refractivity contribution in [3.63, 3.8) is 0 Å². The number of ether oxygens (including phenoxy) is 3. The van der Waals surface area contributed by atoms with Crippen molar-refractivity contribution < 1.29 is 37.0 Å². The largest absolute Gasteiger partial charge is 0.493 e. The predicted octanol–water partition coefficient (Wildman–Crippen LogP) is 8.67. The molecule has 0 radical (unpaired) electrons. The second-order valence-corrected chi connectivity index (χ2v) is 15.0. The number of nitrogens with zero attached hydrogens (tertiary/aromatic N) is 3. The average Bonchev–Trinajstić information content (AvgIpc) is 3.41. The Bertz CT molecular complexity index is 1850. The van der Waals surface area contributed by atoms with Gasteiger partial charge in [-0.25, -0.2) is 4.79 Å². The van der Waals surface area contributed by atoms with E-state index in [0.29, 0.717) is 42.4 Å². The van der Waals surface area contributed by atoms with E-state index < -0.39 is 29.0 Å². The van der Waals surface area contributed by atoms with Crippen LogP contribution in [0.5, 0.6) is 11.5 Å². The van der Waals surface area contributed by atoms with Gasteiger partial charge >= 0.3 is 18.1 Å². The number of methoxy groups -OCH3 is 1. The lowest BCUT2D eigenvalue weighted by Gasteiger charge is -2.51. The van der Waals surface area contributed by atoms with Gasteiger partial charge in [-0.2, -0.15) is 18.4 Å². The molecule has 1 fully saturated rings. The second kappa shape index (κ2) is 15.0. The number of alkyl halides is 3. The number of esters is 1. The molecule has 0 aliphatic heterocycles. The molecule has 1 amide bonds. The number of halogens is 4. The van der Waals surface area contributed by atoms with Gasteiger partial charge in [0.25, 0.3) is 0 Å². The van der Waals surface area contributed by atoms with Crippen LogP contribution < -0.4 is 14.4 Å². The molecule has 0 unspecified atom stereocenters. The lowest BCUT2D eigenvalue weighted by molar-refractivity contribution is -0.174. The second-order valence-electron chi connectivity index (χ2n) is 14.6. The van der Waals surface area contributed by atoms with Gasteiger partial charge < -0.3 is 14.2 Å². The fourth-order valence-corrected chi connectivity index (χ4v) is 9.23. The number of fused-ring (bicyclic) bond motifs is 3. The summed E-state index contributed by atoms with van der Waals surface area (Å²) in [5, 5.41) is 9.28. The predicted molar refractivity (Wildman–Crippen MR) is 189 cm³/mol. The van der Waals surface area contributed by atoms with Crippen molar-refractivity contribution in [3.8, 4) is 17.6 Å². The summed E-state index contributed by atoms with van der Waals surface area (Å²) in [6.45, 7) is 4.68. The molecule has 3 aliphatic rings. The van der Waals surface area contributed by atoms with Crippen LogP contribution in [-0.2, 0) is 32.6 Å². The first-order valence-electron chi connectivity index (χ1n) is 17.8. The highest BCUT2D eigenvalue weighted by molar-refractivity contribution is 6.31. The van der Waals surface area contributed by atoms with Crippen molar-refractivity contribution in [2.75, 3.05) is 25.2 Å². The van der Waals surface area contributed by atoms with Gasteiger partial charge in [-0.05, 0) is 128 Å². The number of aromatic nitrogens is 1. The number of anilines is 1. The third-order valence-electron chi connectivity index (χ3n) is 11.4. The SMILES string of the molecule is COC(=O)C1(N(C(=O)C(F)(F)F)c2cccc(Cl)c2)CCC2(CC1)c1cc(OCC#N)ccc1C[C@@H]2C[C@@H](C)COc1ccnc2c1[C@H](C)CCC2. The molecule has 0 N–H and O–H groups in total. The van der Waals surface area contributed by atoms with E-state index >= 15 is 0 Å². The summed E-state index contributed by atoms with van der Waals surface area (Å²) in [5.74, 6) is -1.18. The monoisotopic (exact) mass is 737 g/mol. The van der Waals surface area contributed by atoms with E-state index in [9.17, 15) is 22.8 Å². The normalized spacial score (nSPS) is 24.3. The van der Waals surface area contributed by atoms with E-state index in [1.54, 1.807) is 6.20 Å². The highest BCUT2D eigenvalue weighted by atomic mass is 35.5. The van der Waals surface area contributed by atoms with E-state index in [2.05, 4.69) is 18.8 Å². The van der Waals surface area contributed by atoms with Gasteiger partial charge in [-0.1, -0.05) is 37.6 Å². The summed E-state index contributed by atoms with van der Waals surface area (Å²) in [5.41, 5.74) is 1.72. The number of carbonyl (C=O) groups excluding carboxylic acids is 2. The van der Waals surface area contributed by atoms with Crippen LogP contribution in [0.4, 0.5) is 18.9 Å². The summed E-state index contributed by atoms with van der Waals surface area (Å²) in [7, 11) is 1.12. The maximum absolute atomic E-state index is 14.3. The standard InChI is InChI=1S/C40H43ClF3N3O5/c1-25(24-52-34-12-18-46-33-9-4-6-26(2)35(33)34)20-28-21-27-10-11-31(51-19-17-45)23-32(27)38(28)13-15-39(16-14-38,37(49)50-3)47(36(48)40(42,43)44)30-8-5-7-29(41)22-30/h5,7-8,10-12,18,22-23,25-26,28H,4,6,9,13-16,19-21,24H2,1-3H3/t25-,26-,28+,38?,39?/m1/s1. The van der Waals surface area contributed by atoms with Crippen LogP contribution in [0.25, 0.3) is 0 Å². The summed E-state index contributed by atoms with van der Waals surface area (Å²) in [6.07, 6.45) is 1.55. The third kappa shape index (κ3) is 7.06. The Morgan fingerprint density at radius 2 is 1.88 bits per heavy atom. The molecule has 3 aliphatic carbocycles. The van der Waals surface area contributed by atoms with Crippen LogP contribution in [0.2, 0.25) is 5.02 Å². The highest BCUT2D eigenvalue weighted by Crippen LogP contribution is 2.58. The number of benzene rings is 2. The van der Waals surface area contributed by atoms with Gasteiger partial charge in [0.05, 0.1) is 13.7 Å².